The van der Waals surface area contributed by atoms with Gasteiger partial charge in [-0.1, -0.05) is 0 Å². The van der Waals surface area contributed by atoms with Gasteiger partial charge >= 0.3 is 5.97 Å². The van der Waals surface area contributed by atoms with Crippen molar-refractivity contribution in [3.05, 3.63) is 0 Å². The van der Waals surface area contributed by atoms with Gasteiger partial charge in [0.25, 0.3) is 0 Å². The Bertz CT molecular complexity index is 216. The Morgan fingerprint density at radius 2 is 2.54 bits per heavy atom. The number of ether oxygens (including phenoxy) is 1. The molecule has 1 unspecified atom stereocenters. The fourth-order valence-corrected chi connectivity index (χ4v) is 3.21. The predicted molar refractivity (Wildman–Crippen MR) is 51.6 cm³/mol. The largest absolute Gasteiger partial charge is 0.468 e. The lowest BCUT2D eigenvalue weighted by Crippen LogP contribution is -2.46. The fourth-order valence-electron chi connectivity index (χ4n) is 1.83. The van der Waals surface area contributed by atoms with Crippen LogP contribution in [0.1, 0.15) is 6.42 Å². The molecule has 13 heavy (non-hydrogen) atoms. The lowest BCUT2D eigenvalue weighted by Gasteiger charge is -2.21. The van der Waals surface area contributed by atoms with Gasteiger partial charge in [-0.3, -0.25) is 10.1 Å². The molecule has 74 valence electrons. The second-order valence-corrected chi connectivity index (χ2v) is 4.86. The number of carbonyl (C=O) groups is 1. The summed E-state index contributed by atoms with van der Waals surface area (Å²) in [6.07, 6.45) is 1.09. The molecule has 2 fully saturated rings. The molecule has 4 nitrogen and oxygen atoms in total. The van der Waals surface area contributed by atoms with Gasteiger partial charge in [-0.2, -0.15) is 0 Å². The van der Waals surface area contributed by atoms with Crippen LogP contribution in [0.4, 0.5) is 0 Å². The number of hydrogen-bond acceptors (Lipinski definition) is 5. The van der Waals surface area contributed by atoms with Crippen LogP contribution in [0.2, 0.25) is 0 Å². The number of methoxy groups -OCH3 is 1. The van der Waals surface area contributed by atoms with E-state index in [1.54, 1.807) is 0 Å². The van der Waals surface area contributed by atoms with Gasteiger partial charge < -0.3 is 10.1 Å². The summed E-state index contributed by atoms with van der Waals surface area (Å²) in [4.78, 5) is 11.3. The zero-order valence-electron chi connectivity index (χ0n) is 7.63. The van der Waals surface area contributed by atoms with E-state index in [0.717, 1.165) is 25.3 Å². The minimum absolute atomic E-state index is 0.0961. The third kappa shape index (κ3) is 1.68. The van der Waals surface area contributed by atoms with Gasteiger partial charge in [-0.05, 0) is 13.0 Å². The molecule has 5 heteroatoms. The molecular weight excluding hydrogens is 188 g/mol. The molecule has 2 aliphatic rings. The average Bonchev–Trinajstić information content (AvgIpc) is 2.76. The van der Waals surface area contributed by atoms with E-state index in [0.29, 0.717) is 0 Å². The van der Waals surface area contributed by atoms with Gasteiger partial charge in [0.15, 0.2) is 0 Å². The normalized spacial score (nSPS) is 38.4. The van der Waals surface area contributed by atoms with E-state index in [-0.39, 0.29) is 16.9 Å². The Morgan fingerprint density at radius 3 is 3.15 bits per heavy atom. The Hall–Kier alpha value is -0.260. The van der Waals surface area contributed by atoms with Crippen molar-refractivity contribution >= 4 is 17.7 Å². The smallest absolute Gasteiger partial charge is 0.323 e. The predicted octanol–water partition coefficient (Wildman–Crippen LogP) is -0.446. The van der Waals surface area contributed by atoms with Crippen molar-refractivity contribution in [2.45, 2.75) is 17.3 Å². The van der Waals surface area contributed by atoms with Gasteiger partial charge in [0.2, 0.25) is 0 Å². The third-order valence-corrected chi connectivity index (χ3v) is 4.08. The lowest BCUT2D eigenvalue weighted by atomic mass is 10.2. The van der Waals surface area contributed by atoms with Crippen molar-refractivity contribution in [3.63, 3.8) is 0 Å². The number of thioether (sulfide) groups is 1. The molecule has 2 aliphatic heterocycles. The zero-order valence-corrected chi connectivity index (χ0v) is 8.45. The minimum atomic E-state index is -0.142. The summed E-state index contributed by atoms with van der Waals surface area (Å²) in [5, 5.41) is 6.64. The molecule has 2 rings (SSSR count). The highest BCUT2D eigenvalue weighted by atomic mass is 32.2. The first-order valence-electron chi connectivity index (χ1n) is 4.46. The Morgan fingerprint density at radius 1 is 1.69 bits per heavy atom. The van der Waals surface area contributed by atoms with Crippen LogP contribution in [-0.4, -0.2) is 42.8 Å². The van der Waals surface area contributed by atoms with Crippen LogP contribution in [0.15, 0.2) is 0 Å². The van der Waals surface area contributed by atoms with E-state index >= 15 is 0 Å². The first-order chi connectivity index (χ1) is 6.26. The molecule has 0 aromatic carbocycles. The van der Waals surface area contributed by atoms with Crippen LogP contribution in [-0.2, 0) is 9.53 Å². The number of esters is 1. The van der Waals surface area contributed by atoms with Crippen molar-refractivity contribution in [1.82, 2.24) is 10.6 Å². The molecule has 0 aromatic heterocycles. The summed E-state index contributed by atoms with van der Waals surface area (Å²) < 4.78 is 4.70. The van der Waals surface area contributed by atoms with Gasteiger partial charge in [0.1, 0.15) is 6.04 Å². The first kappa shape index (κ1) is 9.30. The Labute approximate surface area is 81.8 Å². The van der Waals surface area contributed by atoms with Crippen molar-refractivity contribution in [2.24, 2.45) is 0 Å². The Kier molecular flexibility index (Phi) is 2.49. The van der Waals surface area contributed by atoms with Crippen LogP contribution in [0.25, 0.3) is 0 Å². The highest BCUT2D eigenvalue weighted by molar-refractivity contribution is 8.01. The molecular formula is C8H14N2O2S. The molecule has 2 N–H and O–H groups in total. The zero-order chi connectivity index (χ0) is 9.31. The maximum absolute atomic E-state index is 11.2. The minimum Gasteiger partial charge on any atom is -0.468 e. The van der Waals surface area contributed by atoms with Crippen molar-refractivity contribution in [2.75, 3.05) is 26.0 Å². The number of rotatable bonds is 1. The summed E-state index contributed by atoms with van der Waals surface area (Å²) >= 11 is 1.83. The molecule has 0 saturated carbocycles. The topological polar surface area (TPSA) is 50.4 Å². The Balaban J connectivity index is 1.96. The summed E-state index contributed by atoms with van der Waals surface area (Å²) in [6, 6.07) is -0.116. The lowest BCUT2D eigenvalue weighted by molar-refractivity contribution is -0.142. The molecule has 1 spiro atoms. The fraction of sp³-hybridized carbons (Fsp3) is 0.875. The molecule has 0 aliphatic carbocycles. The summed E-state index contributed by atoms with van der Waals surface area (Å²) in [5.41, 5.74) is 0. The summed E-state index contributed by atoms with van der Waals surface area (Å²) in [5.74, 6) is 0.685. The van der Waals surface area contributed by atoms with Crippen LogP contribution in [0.5, 0.6) is 0 Å². The van der Waals surface area contributed by atoms with Gasteiger partial charge in [0, 0.05) is 12.3 Å². The number of nitrogens with one attached hydrogen (secondary N) is 2. The van der Waals surface area contributed by atoms with E-state index < -0.39 is 0 Å². The van der Waals surface area contributed by atoms with E-state index in [4.69, 9.17) is 4.74 Å². The van der Waals surface area contributed by atoms with Crippen molar-refractivity contribution in [3.8, 4) is 0 Å². The van der Waals surface area contributed by atoms with E-state index in [1.807, 2.05) is 11.8 Å². The van der Waals surface area contributed by atoms with Gasteiger partial charge in [-0.25, -0.2) is 0 Å². The SMILES string of the molecule is COC(=O)[C@@H]1CSC2(CCNC2)N1. The van der Waals surface area contributed by atoms with Crippen LogP contribution in [0.3, 0.4) is 0 Å². The second kappa shape index (κ2) is 3.48. The average molecular weight is 202 g/mol. The summed E-state index contributed by atoms with van der Waals surface area (Å²) in [6.45, 7) is 1.99. The van der Waals surface area contributed by atoms with Crippen molar-refractivity contribution in [1.29, 1.82) is 0 Å². The molecule has 0 aromatic rings. The first-order valence-corrected chi connectivity index (χ1v) is 5.44. The monoisotopic (exact) mass is 202 g/mol. The molecule has 0 amide bonds. The van der Waals surface area contributed by atoms with Crippen LogP contribution in [0, 0.1) is 0 Å². The van der Waals surface area contributed by atoms with Crippen LogP contribution < -0.4 is 10.6 Å². The number of hydrogen-bond donors (Lipinski definition) is 2. The van der Waals surface area contributed by atoms with E-state index in [2.05, 4.69) is 10.6 Å². The summed E-state index contributed by atoms with van der Waals surface area (Å²) in [7, 11) is 1.44. The highest BCUT2D eigenvalue weighted by Gasteiger charge is 2.44. The van der Waals surface area contributed by atoms with Crippen molar-refractivity contribution < 1.29 is 9.53 Å². The molecule has 0 radical (unpaired) electrons. The molecule has 2 saturated heterocycles. The maximum Gasteiger partial charge on any atom is 0.323 e. The van der Waals surface area contributed by atoms with Gasteiger partial charge in [0.05, 0.1) is 12.0 Å². The standard InChI is InChI=1S/C8H14N2O2S/c1-12-7(11)6-4-13-8(10-6)2-3-9-5-8/h6,9-10H,2-5H2,1H3/t6-,8?/m0/s1. The van der Waals surface area contributed by atoms with Gasteiger partial charge in [-0.15, -0.1) is 11.8 Å². The number of carbonyl (C=O) groups excluding carboxylic acids is 1. The van der Waals surface area contributed by atoms with E-state index in [1.165, 1.54) is 7.11 Å². The molecule has 0 bridgehead atoms. The molecule has 2 atom stereocenters. The van der Waals surface area contributed by atoms with E-state index in [9.17, 15) is 4.79 Å². The molecule has 2 heterocycles. The second-order valence-electron chi connectivity index (χ2n) is 3.45. The highest BCUT2D eigenvalue weighted by Crippen LogP contribution is 2.35. The quantitative estimate of drug-likeness (QED) is 0.564. The third-order valence-electron chi connectivity index (χ3n) is 2.57. The maximum atomic E-state index is 11.2. The van der Waals surface area contributed by atoms with Crippen LogP contribution >= 0.6 is 11.8 Å².